The molecular formula is C14H7F5N4S. The summed E-state index contributed by atoms with van der Waals surface area (Å²) in [5.74, 6) is -7.31. The van der Waals surface area contributed by atoms with Gasteiger partial charge in [-0.15, -0.1) is 10.2 Å². The third-order valence-electron chi connectivity index (χ3n) is 3.10. The Bertz CT molecular complexity index is 902. The summed E-state index contributed by atoms with van der Waals surface area (Å²) in [5, 5.41) is 7.34. The zero-order valence-corrected chi connectivity index (χ0v) is 12.7. The Balaban J connectivity index is 2.04. The SMILES string of the molecule is Cn1c(Sc2c(F)c(F)nc(F)c2F)nnc1-c1ccccc1F. The van der Waals surface area contributed by atoms with Crippen LogP contribution in [0.25, 0.3) is 11.4 Å². The van der Waals surface area contributed by atoms with Gasteiger partial charge in [0.05, 0.1) is 10.5 Å². The highest BCUT2D eigenvalue weighted by atomic mass is 32.2. The number of aromatic nitrogens is 4. The molecule has 2 aromatic heterocycles. The Morgan fingerprint density at radius 2 is 1.54 bits per heavy atom. The fourth-order valence-corrected chi connectivity index (χ4v) is 2.77. The van der Waals surface area contributed by atoms with E-state index in [1.165, 1.54) is 29.8 Å². The maximum absolute atomic E-state index is 13.8. The van der Waals surface area contributed by atoms with Crippen LogP contribution in [-0.4, -0.2) is 19.7 Å². The molecule has 0 fully saturated rings. The van der Waals surface area contributed by atoms with Crippen LogP contribution < -0.4 is 0 Å². The van der Waals surface area contributed by atoms with E-state index in [2.05, 4.69) is 15.2 Å². The quantitative estimate of drug-likeness (QED) is 0.529. The zero-order valence-electron chi connectivity index (χ0n) is 11.9. The average molecular weight is 358 g/mol. The second kappa shape index (κ2) is 6.19. The summed E-state index contributed by atoms with van der Waals surface area (Å²) in [5.41, 5.74) is 0.118. The van der Waals surface area contributed by atoms with E-state index in [0.717, 1.165) is 0 Å². The minimum absolute atomic E-state index is 0.0870. The van der Waals surface area contributed by atoms with E-state index in [9.17, 15) is 22.0 Å². The number of hydrogen-bond acceptors (Lipinski definition) is 4. The van der Waals surface area contributed by atoms with Gasteiger partial charge in [0.2, 0.25) is 0 Å². The summed E-state index contributed by atoms with van der Waals surface area (Å²) >= 11 is 0.314. The molecule has 24 heavy (non-hydrogen) atoms. The van der Waals surface area contributed by atoms with Gasteiger partial charge in [0.1, 0.15) is 5.82 Å². The number of rotatable bonds is 3. The molecule has 0 spiro atoms. The lowest BCUT2D eigenvalue weighted by molar-refractivity contribution is 0.383. The normalized spacial score (nSPS) is 11.1. The second-order valence-corrected chi connectivity index (χ2v) is 5.58. The Labute approximate surface area is 136 Å². The maximum atomic E-state index is 13.8. The smallest absolute Gasteiger partial charge is 0.252 e. The predicted molar refractivity (Wildman–Crippen MR) is 74.6 cm³/mol. The highest BCUT2D eigenvalue weighted by Gasteiger charge is 2.24. The summed E-state index contributed by atoms with van der Waals surface area (Å²) in [6.45, 7) is 0. The first-order chi connectivity index (χ1) is 11.4. The zero-order chi connectivity index (χ0) is 17.4. The predicted octanol–water partition coefficient (Wildman–Crippen LogP) is 3.72. The number of halogens is 5. The summed E-state index contributed by atoms with van der Waals surface area (Å²) in [6.07, 6.45) is 0. The van der Waals surface area contributed by atoms with Gasteiger partial charge in [0, 0.05) is 7.05 Å². The van der Waals surface area contributed by atoms with E-state index in [1.54, 1.807) is 6.07 Å². The van der Waals surface area contributed by atoms with Gasteiger partial charge >= 0.3 is 0 Å². The van der Waals surface area contributed by atoms with Gasteiger partial charge in [-0.05, 0) is 23.9 Å². The monoisotopic (exact) mass is 358 g/mol. The molecule has 0 amide bonds. The molecule has 0 N–H and O–H groups in total. The van der Waals surface area contributed by atoms with E-state index < -0.39 is 34.2 Å². The molecule has 3 rings (SSSR count). The van der Waals surface area contributed by atoms with Crippen LogP contribution in [0.3, 0.4) is 0 Å². The Kier molecular flexibility index (Phi) is 4.22. The van der Waals surface area contributed by atoms with Gasteiger partial charge in [-0.25, -0.2) is 13.2 Å². The maximum Gasteiger partial charge on any atom is 0.252 e. The first-order valence-electron chi connectivity index (χ1n) is 6.42. The summed E-state index contributed by atoms with van der Waals surface area (Å²) < 4.78 is 68.7. The van der Waals surface area contributed by atoms with Crippen LogP contribution in [0.5, 0.6) is 0 Å². The minimum atomic E-state index is -1.77. The van der Waals surface area contributed by atoms with Gasteiger partial charge in [0.25, 0.3) is 11.9 Å². The Hall–Kier alpha value is -2.49. The van der Waals surface area contributed by atoms with Crippen molar-refractivity contribution < 1.29 is 22.0 Å². The third kappa shape index (κ3) is 2.73. The minimum Gasteiger partial charge on any atom is -0.305 e. The Morgan fingerprint density at radius 1 is 0.917 bits per heavy atom. The lowest BCUT2D eigenvalue weighted by Crippen LogP contribution is -2.03. The van der Waals surface area contributed by atoms with Gasteiger partial charge in [-0.1, -0.05) is 12.1 Å². The van der Waals surface area contributed by atoms with Crippen molar-refractivity contribution in [1.82, 2.24) is 19.7 Å². The standard InChI is InChI=1S/C14H7F5N4S/c1-23-13(6-4-2-3-5-7(6)15)21-22-14(23)24-10-8(16)11(18)20-12(19)9(10)17/h2-5H,1H3. The molecule has 0 bridgehead atoms. The molecule has 0 unspecified atom stereocenters. The third-order valence-corrected chi connectivity index (χ3v) is 4.20. The summed E-state index contributed by atoms with van der Waals surface area (Å²) in [6, 6.07) is 5.72. The lowest BCUT2D eigenvalue weighted by atomic mass is 10.2. The van der Waals surface area contributed by atoms with E-state index in [4.69, 9.17) is 0 Å². The van der Waals surface area contributed by atoms with Crippen LogP contribution >= 0.6 is 11.8 Å². The van der Waals surface area contributed by atoms with Crippen LogP contribution in [0, 0.1) is 29.3 Å². The lowest BCUT2D eigenvalue weighted by Gasteiger charge is -2.06. The van der Waals surface area contributed by atoms with Crippen LogP contribution in [0.1, 0.15) is 0 Å². The van der Waals surface area contributed by atoms with E-state index in [1.807, 2.05) is 0 Å². The van der Waals surface area contributed by atoms with Gasteiger partial charge in [-0.2, -0.15) is 13.8 Å². The molecule has 10 heteroatoms. The molecule has 3 aromatic rings. The van der Waals surface area contributed by atoms with Crippen molar-refractivity contribution in [1.29, 1.82) is 0 Å². The number of hydrogen-bond donors (Lipinski definition) is 0. The molecule has 0 saturated carbocycles. The fourth-order valence-electron chi connectivity index (χ4n) is 1.93. The molecule has 124 valence electrons. The number of pyridine rings is 1. The molecule has 0 aliphatic carbocycles. The molecule has 0 atom stereocenters. The molecule has 0 saturated heterocycles. The van der Waals surface area contributed by atoms with Crippen LogP contribution in [-0.2, 0) is 7.05 Å². The van der Waals surface area contributed by atoms with E-state index >= 15 is 0 Å². The van der Waals surface area contributed by atoms with Gasteiger partial charge < -0.3 is 4.57 Å². The molecule has 0 aliphatic heterocycles. The molecule has 2 heterocycles. The van der Waals surface area contributed by atoms with Crippen molar-refractivity contribution in [2.75, 3.05) is 0 Å². The summed E-state index contributed by atoms with van der Waals surface area (Å²) in [4.78, 5) is 1.52. The van der Waals surface area contributed by atoms with E-state index in [0.29, 0.717) is 11.8 Å². The second-order valence-electron chi connectivity index (χ2n) is 4.60. The van der Waals surface area contributed by atoms with E-state index in [-0.39, 0.29) is 16.5 Å². The van der Waals surface area contributed by atoms with Crippen molar-refractivity contribution >= 4 is 11.8 Å². The molecule has 0 aliphatic rings. The van der Waals surface area contributed by atoms with Crippen molar-refractivity contribution in [3.8, 4) is 11.4 Å². The molecule has 0 radical (unpaired) electrons. The highest BCUT2D eigenvalue weighted by molar-refractivity contribution is 7.99. The van der Waals surface area contributed by atoms with Gasteiger partial charge in [-0.3, -0.25) is 0 Å². The van der Waals surface area contributed by atoms with Crippen molar-refractivity contribution in [3.63, 3.8) is 0 Å². The molecule has 1 aromatic carbocycles. The van der Waals surface area contributed by atoms with Crippen molar-refractivity contribution in [2.24, 2.45) is 7.05 Å². The summed E-state index contributed by atoms with van der Waals surface area (Å²) in [7, 11) is 1.42. The highest BCUT2D eigenvalue weighted by Crippen LogP contribution is 2.34. The number of benzene rings is 1. The topological polar surface area (TPSA) is 43.6 Å². The van der Waals surface area contributed by atoms with Crippen molar-refractivity contribution in [2.45, 2.75) is 10.1 Å². The first-order valence-corrected chi connectivity index (χ1v) is 7.24. The van der Waals surface area contributed by atoms with Gasteiger partial charge in [0.15, 0.2) is 22.6 Å². The number of nitrogens with zero attached hydrogens (tertiary/aromatic N) is 4. The molecule has 4 nitrogen and oxygen atoms in total. The molecular weight excluding hydrogens is 351 g/mol. The average Bonchev–Trinajstić information content (AvgIpc) is 2.91. The first kappa shape index (κ1) is 16.4. The van der Waals surface area contributed by atoms with Crippen LogP contribution in [0.4, 0.5) is 22.0 Å². The largest absolute Gasteiger partial charge is 0.305 e. The van der Waals surface area contributed by atoms with Crippen LogP contribution in [0.2, 0.25) is 0 Å². The van der Waals surface area contributed by atoms with Crippen LogP contribution in [0.15, 0.2) is 34.3 Å². The fraction of sp³-hybridized carbons (Fsp3) is 0.0714. The van der Waals surface area contributed by atoms with Crippen molar-refractivity contribution in [3.05, 3.63) is 53.6 Å². The Morgan fingerprint density at radius 3 is 2.17 bits per heavy atom.